The van der Waals surface area contributed by atoms with Crippen LogP contribution in [0.3, 0.4) is 0 Å². The van der Waals surface area contributed by atoms with Crippen molar-refractivity contribution in [2.75, 3.05) is 7.11 Å². The van der Waals surface area contributed by atoms with Crippen molar-refractivity contribution >= 4 is 10.9 Å². The molecule has 0 aliphatic rings. The van der Waals surface area contributed by atoms with Gasteiger partial charge in [-0.25, -0.2) is 4.98 Å². The Morgan fingerprint density at radius 2 is 2.15 bits per heavy atom. The normalized spacial score (nSPS) is 10.3. The summed E-state index contributed by atoms with van der Waals surface area (Å²) in [5.41, 5.74) is 1.87. The van der Waals surface area contributed by atoms with Crippen LogP contribution in [0.5, 0.6) is 5.88 Å². The zero-order valence-corrected chi connectivity index (χ0v) is 7.48. The monoisotopic (exact) mass is 175 g/mol. The fourth-order valence-corrected chi connectivity index (χ4v) is 1.18. The first-order chi connectivity index (χ1) is 6.31. The molecule has 0 saturated heterocycles. The summed E-state index contributed by atoms with van der Waals surface area (Å²) in [5.74, 6) is 0.601. The molecule has 0 aliphatic carbocycles. The largest absolute Gasteiger partial charge is 0.481 e. The van der Waals surface area contributed by atoms with Gasteiger partial charge in [-0.1, -0.05) is 0 Å². The lowest BCUT2D eigenvalue weighted by Crippen LogP contribution is -1.91. The van der Waals surface area contributed by atoms with Crippen LogP contribution in [0.15, 0.2) is 18.5 Å². The number of hydrogen-bond acceptors (Lipinski definition) is 4. The number of nitrogens with zero attached hydrogens (tertiary/aromatic N) is 3. The highest BCUT2D eigenvalue weighted by molar-refractivity contribution is 5.81. The minimum atomic E-state index is 0.601. The van der Waals surface area contributed by atoms with Crippen LogP contribution in [0.4, 0.5) is 0 Å². The molecule has 0 aliphatic heterocycles. The number of aryl methyl sites for hydroxylation is 1. The van der Waals surface area contributed by atoms with Gasteiger partial charge in [-0.15, -0.1) is 5.10 Å². The van der Waals surface area contributed by atoms with E-state index < -0.39 is 0 Å². The topological polar surface area (TPSA) is 47.9 Å². The average molecular weight is 175 g/mol. The van der Waals surface area contributed by atoms with E-state index in [-0.39, 0.29) is 0 Å². The SMILES string of the molecule is COc1cc2c(C)cnnc2cn1. The molecule has 4 heteroatoms. The van der Waals surface area contributed by atoms with Crippen molar-refractivity contribution < 1.29 is 4.74 Å². The number of pyridine rings is 1. The van der Waals surface area contributed by atoms with Crippen molar-refractivity contribution in [1.82, 2.24) is 15.2 Å². The van der Waals surface area contributed by atoms with E-state index in [2.05, 4.69) is 15.2 Å². The minimum Gasteiger partial charge on any atom is -0.481 e. The van der Waals surface area contributed by atoms with Gasteiger partial charge in [0.1, 0.15) is 5.52 Å². The Morgan fingerprint density at radius 3 is 2.92 bits per heavy atom. The van der Waals surface area contributed by atoms with Gasteiger partial charge in [-0.2, -0.15) is 5.10 Å². The summed E-state index contributed by atoms with van der Waals surface area (Å²) in [6, 6.07) is 1.86. The van der Waals surface area contributed by atoms with E-state index in [0.717, 1.165) is 16.5 Å². The third-order valence-electron chi connectivity index (χ3n) is 1.91. The molecule has 0 fully saturated rings. The van der Waals surface area contributed by atoms with Crippen LogP contribution in [0.25, 0.3) is 10.9 Å². The van der Waals surface area contributed by atoms with Gasteiger partial charge in [0.25, 0.3) is 0 Å². The Hall–Kier alpha value is -1.71. The van der Waals surface area contributed by atoms with E-state index in [1.54, 1.807) is 19.5 Å². The van der Waals surface area contributed by atoms with Crippen molar-refractivity contribution in [3.63, 3.8) is 0 Å². The summed E-state index contributed by atoms with van der Waals surface area (Å²) in [6.45, 7) is 1.98. The number of aromatic nitrogens is 3. The second-order valence-corrected chi connectivity index (χ2v) is 2.77. The Morgan fingerprint density at radius 1 is 1.31 bits per heavy atom. The lowest BCUT2D eigenvalue weighted by Gasteiger charge is -2.01. The van der Waals surface area contributed by atoms with Gasteiger partial charge in [-0.3, -0.25) is 0 Å². The van der Waals surface area contributed by atoms with E-state index in [4.69, 9.17) is 4.74 Å². The molecule has 2 rings (SSSR count). The molecule has 66 valence electrons. The van der Waals surface area contributed by atoms with Crippen LogP contribution in [0, 0.1) is 6.92 Å². The standard InChI is InChI=1S/C9H9N3O/c1-6-4-11-12-8-5-10-9(13-2)3-7(6)8/h3-5H,1-2H3. The molecule has 0 radical (unpaired) electrons. The van der Waals surface area contributed by atoms with Gasteiger partial charge in [0.2, 0.25) is 5.88 Å². The Bertz CT molecular complexity index is 442. The molecule has 0 spiro atoms. The highest BCUT2D eigenvalue weighted by atomic mass is 16.5. The highest BCUT2D eigenvalue weighted by Gasteiger charge is 2.01. The number of hydrogen-bond donors (Lipinski definition) is 0. The van der Waals surface area contributed by atoms with E-state index in [1.165, 1.54) is 0 Å². The summed E-state index contributed by atoms with van der Waals surface area (Å²) in [6.07, 6.45) is 3.38. The molecule has 0 amide bonds. The smallest absolute Gasteiger partial charge is 0.213 e. The maximum atomic E-state index is 5.02. The number of fused-ring (bicyclic) bond motifs is 1. The highest BCUT2D eigenvalue weighted by Crippen LogP contribution is 2.17. The molecule has 2 aromatic heterocycles. The van der Waals surface area contributed by atoms with Crippen molar-refractivity contribution in [1.29, 1.82) is 0 Å². The lowest BCUT2D eigenvalue weighted by atomic mass is 10.2. The van der Waals surface area contributed by atoms with E-state index in [0.29, 0.717) is 5.88 Å². The first-order valence-corrected chi connectivity index (χ1v) is 3.93. The number of rotatable bonds is 1. The predicted molar refractivity (Wildman–Crippen MR) is 48.6 cm³/mol. The summed E-state index contributed by atoms with van der Waals surface area (Å²) in [5, 5.41) is 8.82. The van der Waals surface area contributed by atoms with Gasteiger partial charge in [0, 0.05) is 11.5 Å². The molecule has 2 aromatic rings. The average Bonchev–Trinajstić information content (AvgIpc) is 2.18. The number of ether oxygens (including phenoxy) is 1. The molecule has 2 heterocycles. The Kier molecular flexibility index (Phi) is 1.81. The Balaban J connectivity index is 2.74. The summed E-state index contributed by atoms with van der Waals surface area (Å²) >= 11 is 0. The van der Waals surface area contributed by atoms with Gasteiger partial charge in [0.05, 0.1) is 19.5 Å². The van der Waals surface area contributed by atoms with E-state index >= 15 is 0 Å². The maximum Gasteiger partial charge on any atom is 0.213 e. The van der Waals surface area contributed by atoms with Gasteiger partial charge >= 0.3 is 0 Å². The van der Waals surface area contributed by atoms with Crippen LogP contribution in [-0.2, 0) is 0 Å². The second-order valence-electron chi connectivity index (χ2n) is 2.77. The molecule has 0 saturated carbocycles. The molecule has 0 unspecified atom stereocenters. The van der Waals surface area contributed by atoms with Crippen molar-refractivity contribution in [2.24, 2.45) is 0 Å². The van der Waals surface area contributed by atoms with Gasteiger partial charge in [0.15, 0.2) is 0 Å². The Labute approximate surface area is 75.6 Å². The minimum absolute atomic E-state index is 0.601. The van der Waals surface area contributed by atoms with Crippen LogP contribution in [-0.4, -0.2) is 22.3 Å². The molecular weight excluding hydrogens is 166 g/mol. The maximum absolute atomic E-state index is 5.02. The van der Waals surface area contributed by atoms with Crippen LogP contribution < -0.4 is 4.74 Å². The van der Waals surface area contributed by atoms with Crippen LogP contribution in [0.1, 0.15) is 5.56 Å². The fraction of sp³-hybridized carbons (Fsp3) is 0.222. The first kappa shape index (κ1) is 7.91. The summed E-state index contributed by atoms with van der Waals surface area (Å²) in [4.78, 5) is 4.04. The molecule has 0 aromatic carbocycles. The third kappa shape index (κ3) is 1.30. The zero-order valence-electron chi connectivity index (χ0n) is 7.48. The van der Waals surface area contributed by atoms with Crippen molar-refractivity contribution in [3.8, 4) is 5.88 Å². The van der Waals surface area contributed by atoms with Crippen LogP contribution in [0.2, 0.25) is 0 Å². The van der Waals surface area contributed by atoms with E-state index in [1.807, 2.05) is 13.0 Å². The second kappa shape index (κ2) is 2.97. The third-order valence-corrected chi connectivity index (χ3v) is 1.91. The molecule has 0 N–H and O–H groups in total. The lowest BCUT2D eigenvalue weighted by molar-refractivity contribution is 0.398. The zero-order chi connectivity index (χ0) is 9.26. The summed E-state index contributed by atoms with van der Waals surface area (Å²) < 4.78 is 5.02. The van der Waals surface area contributed by atoms with Gasteiger partial charge < -0.3 is 4.74 Å². The van der Waals surface area contributed by atoms with Gasteiger partial charge in [-0.05, 0) is 12.5 Å². The predicted octanol–water partition coefficient (Wildman–Crippen LogP) is 1.34. The molecule has 0 bridgehead atoms. The quantitative estimate of drug-likeness (QED) is 0.656. The molecular formula is C9H9N3O. The number of methoxy groups -OCH3 is 1. The molecule has 0 atom stereocenters. The van der Waals surface area contributed by atoms with Crippen molar-refractivity contribution in [2.45, 2.75) is 6.92 Å². The molecule has 13 heavy (non-hydrogen) atoms. The fourth-order valence-electron chi connectivity index (χ4n) is 1.18. The van der Waals surface area contributed by atoms with Crippen molar-refractivity contribution in [3.05, 3.63) is 24.0 Å². The van der Waals surface area contributed by atoms with Crippen LogP contribution >= 0.6 is 0 Å². The van der Waals surface area contributed by atoms with E-state index in [9.17, 15) is 0 Å². The summed E-state index contributed by atoms with van der Waals surface area (Å²) in [7, 11) is 1.60. The first-order valence-electron chi connectivity index (χ1n) is 3.93. The molecule has 4 nitrogen and oxygen atoms in total.